The zero-order valence-electron chi connectivity index (χ0n) is 11.3. The van der Waals surface area contributed by atoms with E-state index in [2.05, 4.69) is 26.2 Å². The number of amides is 1. The van der Waals surface area contributed by atoms with Crippen molar-refractivity contribution in [2.24, 2.45) is 0 Å². The standard InChI is InChI=1S/C15H15BrN2O2/c1-10-7-12(9-17-15(10)16)18-14(19)8-11-5-3-4-6-13(11)20-2/h3-7,9H,8H2,1-2H3,(H,18,19). The number of rotatable bonds is 4. The molecule has 0 aliphatic carbocycles. The second-order valence-electron chi connectivity index (χ2n) is 4.37. The number of pyridine rings is 1. The summed E-state index contributed by atoms with van der Waals surface area (Å²) in [6.07, 6.45) is 1.89. The smallest absolute Gasteiger partial charge is 0.228 e. The highest BCUT2D eigenvalue weighted by Gasteiger charge is 2.09. The summed E-state index contributed by atoms with van der Waals surface area (Å²) in [5.41, 5.74) is 2.51. The lowest BCUT2D eigenvalue weighted by Crippen LogP contribution is -2.15. The van der Waals surface area contributed by atoms with Crippen LogP contribution in [0, 0.1) is 6.92 Å². The van der Waals surface area contributed by atoms with Crippen molar-refractivity contribution < 1.29 is 9.53 Å². The molecule has 104 valence electrons. The lowest BCUT2D eigenvalue weighted by atomic mass is 10.1. The SMILES string of the molecule is COc1ccccc1CC(=O)Nc1cnc(Br)c(C)c1. The minimum absolute atomic E-state index is 0.0991. The summed E-state index contributed by atoms with van der Waals surface area (Å²) >= 11 is 3.33. The predicted molar refractivity (Wildman–Crippen MR) is 82.0 cm³/mol. The van der Waals surface area contributed by atoms with Crippen LogP contribution in [0.1, 0.15) is 11.1 Å². The molecule has 5 heteroatoms. The van der Waals surface area contributed by atoms with Crippen LogP contribution >= 0.6 is 15.9 Å². The minimum Gasteiger partial charge on any atom is -0.496 e. The van der Waals surface area contributed by atoms with Crippen molar-refractivity contribution in [2.75, 3.05) is 12.4 Å². The van der Waals surface area contributed by atoms with Gasteiger partial charge in [-0.25, -0.2) is 4.98 Å². The molecule has 0 saturated heterocycles. The topological polar surface area (TPSA) is 51.2 Å². The number of para-hydroxylation sites is 1. The Kier molecular flexibility index (Phi) is 4.74. The second-order valence-corrected chi connectivity index (χ2v) is 5.12. The first-order valence-corrected chi connectivity index (χ1v) is 6.93. The molecule has 1 N–H and O–H groups in total. The fourth-order valence-electron chi connectivity index (χ4n) is 1.85. The van der Waals surface area contributed by atoms with E-state index in [-0.39, 0.29) is 12.3 Å². The molecule has 2 rings (SSSR count). The van der Waals surface area contributed by atoms with E-state index in [0.29, 0.717) is 11.4 Å². The van der Waals surface area contributed by atoms with E-state index in [9.17, 15) is 4.79 Å². The number of aromatic nitrogens is 1. The molecule has 0 saturated carbocycles. The molecule has 1 aromatic carbocycles. The van der Waals surface area contributed by atoms with Gasteiger partial charge in [-0.15, -0.1) is 0 Å². The summed E-state index contributed by atoms with van der Waals surface area (Å²) in [5, 5.41) is 2.83. The van der Waals surface area contributed by atoms with Crippen molar-refractivity contribution in [2.45, 2.75) is 13.3 Å². The van der Waals surface area contributed by atoms with Crippen molar-refractivity contribution in [3.63, 3.8) is 0 Å². The summed E-state index contributed by atoms with van der Waals surface area (Å²) in [5.74, 6) is 0.616. The molecule has 20 heavy (non-hydrogen) atoms. The fraction of sp³-hybridized carbons (Fsp3) is 0.200. The first kappa shape index (κ1) is 14.5. The Morgan fingerprint density at radius 2 is 2.15 bits per heavy atom. The van der Waals surface area contributed by atoms with Gasteiger partial charge in [0.2, 0.25) is 5.91 Å². The van der Waals surface area contributed by atoms with E-state index in [1.807, 2.05) is 37.3 Å². The molecule has 1 heterocycles. The lowest BCUT2D eigenvalue weighted by Gasteiger charge is -2.09. The molecule has 0 radical (unpaired) electrons. The van der Waals surface area contributed by atoms with Crippen molar-refractivity contribution in [3.8, 4) is 5.75 Å². The van der Waals surface area contributed by atoms with Gasteiger partial charge < -0.3 is 10.1 Å². The summed E-state index contributed by atoms with van der Waals surface area (Å²) < 4.78 is 6.01. The average Bonchev–Trinajstić information content (AvgIpc) is 2.43. The van der Waals surface area contributed by atoms with Gasteiger partial charge >= 0.3 is 0 Å². The Labute approximate surface area is 126 Å². The number of carbonyl (C=O) groups is 1. The summed E-state index contributed by atoms with van der Waals surface area (Å²) in [7, 11) is 1.60. The van der Waals surface area contributed by atoms with E-state index in [1.54, 1.807) is 13.3 Å². The zero-order valence-corrected chi connectivity index (χ0v) is 12.9. The van der Waals surface area contributed by atoms with Gasteiger partial charge in [0.15, 0.2) is 0 Å². The van der Waals surface area contributed by atoms with Crippen LogP contribution in [0.5, 0.6) is 5.75 Å². The maximum Gasteiger partial charge on any atom is 0.228 e. The molecular weight excluding hydrogens is 320 g/mol. The molecule has 0 spiro atoms. The van der Waals surface area contributed by atoms with Gasteiger partial charge in [0.25, 0.3) is 0 Å². The quantitative estimate of drug-likeness (QED) is 0.872. The van der Waals surface area contributed by atoms with Gasteiger partial charge in [0, 0.05) is 5.56 Å². The van der Waals surface area contributed by atoms with Crippen LogP contribution in [0.3, 0.4) is 0 Å². The van der Waals surface area contributed by atoms with Crippen molar-refractivity contribution in [1.29, 1.82) is 0 Å². The monoisotopic (exact) mass is 334 g/mol. The van der Waals surface area contributed by atoms with E-state index in [1.165, 1.54) is 0 Å². The Morgan fingerprint density at radius 1 is 1.40 bits per heavy atom. The molecule has 0 bridgehead atoms. The molecule has 4 nitrogen and oxygen atoms in total. The van der Waals surface area contributed by atoms with E-state index >= 15 is 0 Å². The average molecular weight is 335 g/mol. The molecule has 0 aliphatic rings. The molecule has 0 unspecified atom stereocenters. The number of ether oxygens (including phenoxy) is 1. The lowest BCUT2D eigenvalue weighted by molar-refractivity contribution is -0.115. The number of anilines is 1. The summed E-state index contributed by atoms with van der Waals surface area (Å²) in [6.45, 7) is 1.92. The zero-order chi connectivity index (χ0) is 14.5. The highest BCUT2D eigenvalue weighted by Crippen LogP contribution is 2.19. The van der Waals surface area contributed by atoms with Gasteiger partial charge in [0.1, 0.15) is 10.4 Å². The summed E-state index contributed by atoms with van der Waals surface area (Å²) in [4.78, 5) is 16.2. The Balaban J connectivity index is 2.07. The molecular formula is C15H15BrN2O2. The van der Waals surface area contributed by atoms with Gasteiger partial charge in [-0.05, 0) is 40.5 Å². The van der Waals surface area contributed by atoms with Gasteiger partial charge in [0.05, 0.1) is 25.4 Å². The first-order chi connectivity index (χ1) is 9.60. The molecule has 1 aromatic heterocycles. The molecule has 0 fully saturated rings. The number of nitrogens with zero attached hydrogens (tertiary/aromatic N) is 1. The number of methoxy groups -OCH3 is 1. The van der Waals surface area contributed by atoms with Crippen molar-refractivity contribution in [3.05, 3.63) is 52.3 Å². The molecule has 0 aliphatic heterocycles. The third-order valence-electron chi connectivity index (χ3n) is 2.84. The van der Waals surface area contributed by atoms with Crippen LogP contribution in [-0.2, 0) is 11.2 Å². The number of halogens is 1. The maximum atomic E-state index is 12.0. The highest BCUT2D eigenvalue weighted by atomic mass is 79.9. The van der Waals surface area contributed by atoms with Crippen molar-refractivity contribution in [1.82, 2.24) is 4.98 Å². The molecule has 2 aromatic rings. The van der Waals surface area contributed by atoms with E-state index < -0.39 is 0 Å². The van der Waals surface area contributed by atoms with Gasteiger partial charge in [-0.3, -0.25) is 4.79 Å². The predicted octanol–water partition coefficient (Wildman–Crippen LogP) is 3.34. The fourth-order valence-corrected chi connectivity index (χ4v) is 2.07. The van der Waals surface area contributed by atoms with Crippen LogP contribution in [0.4, 0.5) is 5.69 Å². The minimum atomic E-state index is -0.0991. The van der Waals surface area contributed by atoms with Crippen molar-refractivity contribution >= 4 is 27.5 Å². The largest absolute Gasteiger partial charge is 0.496 e. The van der Waals surface area contributed by atoms with Crippen LogP contribution in [0.15, 0.2) is 41.1 Å². The van der Waals surface area contributed by atoms with Gasteiger partial charge in [-0.2, -0.15) is 0 Å². The first-order valence-electron chi connectivity index (χ1n) is 6.14. The normalized spacial score (nSPS) is 10.2. The Morgan fingerprint density at radius 3 is 2.85 bits per heavy atom. The Bertz CT molecular complexity index is 629. The summed E-state index contributed by atoms with van der Waals surface area (Å²) in [6, 6.07) is 9.35. The van der Waals surface area contributed by atoms with E-state index in [0.717, 1.165) is 15.7 Å². The van der Waals surface area contributed by atoms with E-state index in [4.69, 9.17) is 4.74 Å². The second kappa shape index (κ2) is 6.52. The number of hydrogen-bond donors (Lipinski definition) is 1. The van der Waals surface area contributed by atoms with Crippen LogP contribution in [0.2, 0.25) is 0 Å². The Hall–Kier alpha value is -1.88. The number of aryl methyl sites for hydroxylation is 1. The third-order valence-corrected chi connectivity index (χ3v) is 3.67. The number of hydrogen-bond acceptors (Lipinski definition) is 3. The highest BCUT2D eigenvalue weighted by molar-refractivity contribution is 9.10. The molecule has 1 amide bonds. The number of nitrogens with one attached hydrogen (secondary N) is 1. The molecule has 0 atom stereocenters. The van der Waals surface area contributed by atoms with Crippen LogP contribution < -0.4 is 10.1 Å². The maximum absolute atomic E-state index is 12.0. The van der Waals surface area contributed by atoms with Crippen LogP contribution in [-0.4, -0.2) is 18.0 Å². The van der Waals surface area contributed by atoms with Gasteiger partial charge in [-0.1, -0.05) is 18.2 Å². The third kappa shape index (κ3) is 3.57. The number of carbonyl (C=O) groups excluding carboxylic acids is 1. The number of benzene rings is 1. The van der Waals surface area contributed by atoms with Crippen LogP contribution in [0.25, 0.3) is 0 Å².